The standard InChI is InChI=1S/C19H14N2O3S/c20-19-21-13-2-4-15-16(18(13)25-19)17(22)12(9-24-15)8-10-1-3-14-11(7-10)5-6-23-14/h1-4,7,9H,5-6,8H2,(H2,20,21). The molecule has 1 aliphatic heterocycles. The maximum Gasteiger partial charge on any atom is 0.197 e. The predicted octanol–water partition coefficient (Wildman–Crippen LogP) is 3.51. The van der Waals surface area contributed by atoms with Gasteiger partial charge < -0.3 is 14.9 Å². The molecule has 0 atom stereocenters. The highest BCUT2D eigenvalue weighted by molar-refractivity contribution is 7.22. The first kappa shape index (κ1) is 14.5. The Morgan fingerprint density at radius 1 is 1.24 bits per heavy atom. The summed E-state index contributed by atoms with van der Waals surface area (Å²) < 4.78 is 12.0. The molecule has 6 heteroatoms. The summed E-state index contributed by atoms with van der Waals surface area (Å²) in [5.74, 6) is 0.941. The summed E-state index contributed by atoms with van der Waals surface area (Å²) in [5.41, 5.74) is 9.98. The molecule has 0 spiro atoms. The number of aromatic nitrogens is 1. The number of anilines is 1. The summed E-state index contributed by atoms with van der Waals surface area (Å²) in [6.07, 6.45) is 3.00. The molecule has 0 bridgehead atoms. The fourth-order valence-electron chi connectivity index (χ4n) is 3.34. The van der Waals surface area contributed by atoms with Crippen LogP contribution in [-0.4, -0.2) is 11.6 Å². The number of fused-ring (bicyclic) bond motifs is 4. The lowest BCUT2D eigenvalue weighted by Gasteiger charge is -2.05. The van der Waals surface area contributed by atoms with E-state index in [1.165, 1.54) is 16.9 Å². The molecule has 4 aromatic rings. The van der Waals surface area contributed by atoms with Gasteiger partial charge in [0.25, 0.3) is 0 Å². The van der Waals surface area contributed by atoms with Crippen LogP contribution >= 0.6 is 11.3 Å². The molecule has 5 nitrogen and oxygen atoms in total. The van der Waals surface area contributed by atoms with Gasteiger partial charge in [-0.1, -0.05) is 23.5 Å². The van der Waals surface area contributed by atoms with Gasteiger partial charge in [-0.05, 0) is 29.3 Å². The van der Waals surface area contributed by atoms with Crippen molar-refractivity contribution >= 4 is 37.7 Å². The summed E-state index contributed by atoms with van der Waals surface area (Å²) in [5, 5.41) is 1.01. The molecule has 0 fully saturated rings. The van der Waals surface area contributed by atoms with E-state index in [0.717, 1.165) is 34.6 Å². The van der Waals surface area contributed by atoms with E-state index in [9.17, 15) is 4.79 Å². The Bertz CT molecular complexity index is 1190. The number of benzene rings is 2. The fraction of sp³-hybridized carbons (Fsp3) is 0.158. The lowest BCUT2D eigenvalue weighted by Crippen LogP contribution is -2.09. The second kappa shape index (κ2) is 5.32. The number of ether oxygens (including phenoxy) is 1. The zero-order chi connectivity index (χ0) is 17.0. The summed E-state index contributed by atoms with van der Waals surface area (Å²) in [6, 6.07) is 9.68. The third-order valence-electron chi connectivity index (χ3n) is 4.53. The Kier molecular flexibility index (Phi) is 3.08. The average molecular weight is 350 g/mol. The zero-order valence-corrected chi connectivity index (χ0v) is 14.1. The smallest absolute Gasteiger partial charge is 0.197 e. The molecule has 25 heavy (non-hydrogen) atoms. The molecule has 2 aromatic carbocycles. The predicted molar refractivity (Wildman–Crippen MR) is 98.5 cm³/mol. The van der Waals surface area contributed by atoms with Crippen LogP contribution in [0.2, 0.25) is 0 Å². The van der Waals surface area contributed by atoms with Gasteiger partial charge in [0, 0.05) is 18.4 Å². The minimum Gasteiger partial charge on any atom is -0.493 e. The Morgan fingerprint density at radius 3 is 3.08 bits per heavy atom. The molecular weight excluding hydrogens is 336 g/mol. The fourth-order valence-corrected chi connectivity index (χ4v) is 4.21. The number of rotatable bonds is 2. The third kappa shape index (κ3) is 2.29. The molecule has 0 aliphatic carbocycles. The van der Waals surface area contributed by atoms with E-state index in [4.69, 9.17) is 14.9 Å². The van der Waals surface area contributed by atoms with Gasteiger partial charge in [-0.3, -0.25) is 4.79 Å². The van der Waals surface area contributed by atoms with Crippen molar-refractivity contribution in [1.82, 2.24) is 4.98 Å². The Labute approximate surface area is 146 Å². The van der Waals surface area contributed by atoms with Crippen LogP contribution in [0.3, 0.4) is 0 Å². The Morgan fingerprint density at radius 2 is 2.16 bits per heavy atom. The number of thiazole rings is 1. The summed E-state index contributed by atoms with van der Waals surface area (Å²) in [6.45, 7) is 0.724. The van der Waals surface area contributed by atoms with Crippen molar-refractivity contribution in [3.63, 3.8) is 0 Å². The van der Waals surface area contributed by atoms with E-state index in [0.29, 0.717) is 28.1 Å². The van der Waals surface area contributed by atoms with Crippen molar-refractivity contribution in [2.75, 3.05) is 12.3 Å². The van der Waals surface area contributed by atoms with Gasteiger partial charge in [0.15, 0.2) is 10.6 Å². The van der Waals surface area contributed by atoms with Crippen molar-refractivity contribution in [3.8, 4) is 5.75 Å². The van der Waals surface area contributed by atoms with E-state index in [-0.39, 0.29) is 5.43 Å². The normalized spacial score (nSPS) is 13.3. The summed E-state index contributed by atoms with van der Waals surface area (Å²) >= 11 is 1.32. The van der Waals surface area contributed by atoms with Crippen LogP contribution in [0.25, 0.3) is 21.2 Å². The van der Waals surface area contributed by atoms with E-state index < -0.39 is 0 Å². The monoisotopic (exact) mass is 350 g/mol. The van der Waals surface area contributed by atoms with Gasteiger partial charge in [0.05, 0.1) is 28.5 Å². The number of nitrogen functional groups attached to an aromatic ring is 1. The Hall–Kier alpha value is -2.86. The molecule has 0 amide bonds. The highest BCUT2D eigenvalue weighted by atomic mass is 32.1. The quantitative estimate of drug-likeness (QED) is 0.598. The largest absolute Gasteiger partial charge is 0.493 e. The lowest BCUT2D eigenvalue weighted by atomic mass is 10.0. The molecule has 0 saturated carbocycles. The van der Waals surface area contributed by atoms with Gasteiger partial charge in [-0.25, -0.2) is 4.98 Å². The van der Waals surface area contributed by atoms with Crippen LogP contribution in [0.5, 0.6) is 5.75 Å². The highest BCUT2D eigenvalue weighted by Crippen LogP contribution is 2.30. The minimum atomic E-state index is -0.0211. The van der Waals surface area contributed by atoms with E-state index in [2.05, 4.69) is 11.1 Å². The van der Waals surface area contributed by atoms with Crippen LogP contribution < -0.4 is 15.9 Å². The van der Waals surface area contributed by atoms with E-state index in [1.807, 2.05) is 18.2 Å². The maximum atomic E-state index is 13.0. The van der Waals surface area contributed by atoms with Crippen LogP contribution in [0, 0.1) is 0 Å². The van der Waals surface area contributed by atoms with Crippen LogP contribution in [0.4, 0.5) is 5.13 Å². The van der Waals surface area contributed by atoms with Crippen molar-refractivity contribution in [3.05, 3.63) is 63.5 Å². The molecule has 2 aromatic heterocycles. The minimum absolute atomic E-state index is 0.0211. The first-order chi connectivity index (χ1) is 12.2. The molecule has 0 unspecified atom stereocenters. The van der Waals surface area contributed by atoms with Crippen molar-refractivity contribution in [2.24, 2.45) is 0 Å². The topological polar surface area (TPSA) is 78.3 Å². The molecule has 0 radical (unpaired) electrons. The van der Waals surface area contributed by atoms with E-state index in [1.54, 1.807) is 12.3 Å². The highest BCUT2D eigenvalue weighted by Gasteiger charge is 2.16. The van der Waals surface area contributed by atoms with Crippen molar-refractivity contribution < 1.29 is 9.15 Å². The molecule has 1 aliphatic rings. The van der Waals surface area contributed by atoms with Gasteiger partial charge in [-0.2, -0.15) is 0 Å². The van der Waals surface area contributed by atoms with Crippen LogP contribution in [-0.2, 0) is 12.8 Å². The van der Waals surface area contributed by atoms with E-state index >= 15 is 0 Å². The van der Waals surface area contributed by atoms with Gasteiger partial charge in [0.2, 0.25) is 0 Å². The average Bonchev–Trinajstić information content (AvgIpc) is 3.21. The molecule has 5 rings (SSSR count). The van der Waals surface area contributed by atoms with Crippen molar-refractivity contribution in [2.45, 2.75) is 12.8 Å². The number of nitrogens with two attached hydrogens (primary N) is 1. The summed E-state index contributed by atoms with van der Waals surface area (Å²) in [7, 11) is 0. The number of hydrogen-bond donors (Lipinski definition) is 1. The second-order valence-electron chi connectivity index (χ2n) is 6.15. The Balaban J connectivity index is 1.65. The second-order valence-corrected chi connectivity index (χ2v) is 7.18. The molecule has 0 saturated heterocycles. The zero-order valence-electron chi connectivity index (χ0n) is 13.2. The summed E-state index contributed by atoms with van der Waals surface area (Å²) in [4.78, 5) is 17.3. The SMILES string of the molecule is Nc1nc2ccc3occ(Cc4ccc5c(c4)CCO5)c(=O)c3c2s1. The maximum absolute atomic E-state index is 13.0. The molecule has 2 N–H and O–H groups in total. The lowest BCUT2D eigenvalue weighted by molar-refractivity contribution is 0.357. The van der Waals surface area contributed by atoms with Crippen molar-refractivity contribution in [1.29, 1.82) is 0 Å². The first-order valence-electron chi connectivity index (χ1n) is 8.03. The van der Waals surface area contributed by atoms with Crippen LogP contribution in [0.15, 0.2) is 45.8 Å². The molecule has 124 valence electrons. The number of hydrogen-bond acceptors (Lipinski definition) is 6. The molecular formula is C19H14N2O3S. The third-order valence-corrected chi connectivity index (χ3v) is 5.45. The van der Waals surface area contributed by atoms with Gasteiger partial charge in [-0.15, -0.1) is 0 Å². The molecule has 3 heterocycles. The van der Waals surface area contributed by atoms with Gasteiger partial charge in [0.1, 0.15) is 11.3 Å². The van der Waals surface area contributed by atoms with Crippen LogP contribution in [0.1, 0.15) is 16.7 Å². The van der Waals surface area contributed by atoms with Gasteiger partial charge >= 0.3 is 0 Å². The first-order valence-corrected chi connectivity index (χ1v) is 8.85. The number of nitrogens with zero attached hydrogens (tertiary/aromatic N) is 1.